The summed E-state index contributed by atoms with van der Waals surface area (Å²) >= 11 is 0. The zero-order chi connectivity index (χ0) is 20.4. The average molecular weight is 379 g/mol. The van der Waals surface area contributed by atoms with Crippen LogP contribution in [0.2, 0.25) is 0 Å². The quantitative estimate of drug-likeness (QED) is 0.373. The minimum atomic E-state index is -0.754. The molecule has 1 aliphatic heterocycles. The van der Waals surface area contributed by atoms with E-state index in [4.69, 9.17) is 14.4 Å². The Hall–Kier alpha value is -4.19. The fraction of sp³-hybridized carbons (Fsp3) is 0.105. The number of rotatable bonds is 4. The van der Waals surface area contributed by atoms with Gasteiger partial charge in [0, 0.05) is 5.57 Å². The van der Waals surface area contributed by atoms with E-state index in [1.54, 1.807) is 12.1 Å². The maximum absolute atomic E-state index is 12.1. The molecule has 0 aliphatic carbocycles. The van der Waals surface area contributed by atoms with E-state index in [9.17, 15) is 19.7 Å². The van der Waals surface area contributed by atoms with Gasteiger partial charge < -0.3 is 9.15 Å². The minimum absolute atomic E-state index is 0.0984. The SMILES string of the molecule is COc1ccc(-c2ccc(/C=C3/C(=O)NC(=O)C(C#N)=C3C)o2)c([N+](=O)[O-])c1. The van der Waals surface area contributed by atoms with Gasteiger partial charge in [0.2, 0.25) is 0 Å². The largest absolute Gasteiger partial charge is 0.497 e. The van der Waals surface area contributed by atoms with Crippen LogP contribution in [0.15, 0.2) is 51.5 Å². The molecular formula is C19H13N3O6. The molecule has 1 aromatic heterocycles. The summed E-state index contributed by atoms with van der Waals surface area (Å²) in [4.78, 5) is 34.5. The van der Waals surface area contributed by atoms with Gasteiger partial charge in [0.25, 0.3) is 17.5 Å². The number of nitro groups is 1. The van der Waals surface area contributed by atoms with Crippen molar-refractivity contribution in [1.29, 1.82) is 5.26 Å². The lowest BCUT2D eigenvalue weighted by Crippen LogP contribution is -2.37. The smallest absolute Gasteiger partial charge is 0.284 e. The van der Waals surface area contributed by atoms with Gasteiger partial charge in [-0.1, -0.05) is 0 Å². The van der Waals surface area contributed by atoms with Gasteiger partial charge in [-0.3, -0.25) is 25.0 Å². The number of hydrogen-bond acceptors (Lipinski definition) is 7. The maximum Gasteiger partial charge on any atom is 0.284 e. The summed E-state index contributed by atoms with van der Waals surface area (Å²) in [5.41, 5.74) is 0.204. The Bertz CT molecular complexity index is 1120. The number of carbonyl (C=O) groups is 2. The van der Waals surface area contributed by atoms with E-state index in [-0.39, 0.29) is 39.5 Å². The number of amides is 2. The second-order valence-electron chi connectivity index (χ2n) is 5.80. The fourth-order valence-electron chi connectivity index (χ4n) is 2.73. The van der Waals surface area contributed by atoms with Crippen LogP contribution in [0.1, 0.15) is 12.7 Å². The second kappa shape index (κ2) is 7.20. The predicted molar refractivity (Wildman–Crippen MR) is 96.8 cm³/mol. The van der Waals surface area contributed by atoms with E-state index >= 15 is 0 Å². The van der Waals surface area contributed by atoms with Crippen LogP contribution in [0.25, 0.3) is 17.4 Å². The number of hydrogen-bond donors (Lipinski definition) is 1. The molecule has 0 bridgehead atoms. The number of benzene rings is 1. The van der Waals surface area contributed by atoms with Gasteiger partial charge in [-0.2, -0.15) is 5.26 Å². The first kappa shape index (κ1) is 18.6. The van der Waals surface area contributed by atoms with Gasteiger partial charge in [0.15, 0.2) is 0 Å². The molecule has 28 heavy (non-hydrogen) atoms. The molecule has 0 fully saturated rings. The number of nitriles is 1. The highest BCUT2D eigenvalue weighted by atomic mass is 16.6. The second-order valence-corrected chi connectivity index (χ2v) is 5.80. The van der Waals surface area contributed by atoms with Gasteiger partial charge in [-0.15, -0.1) is 0 Å². The summed E-state index contributed by atoms with van der Waals surface area (Å²) in [6, 6.07) is 9.15. The van der Waals surface area contributed by atoms with E-state index in [0.717, 1.165) is 0 Å². The van der Waals surface area contributed by atoms with E-state index < -0.39 is 16.7 Å². The lowest BCUT2D eigenvalue weighted by atomic mass is 9.96. The molecule has 1 aliphatic rings. The summed E-state index contributed by atoms with van der Waals surface area (Å²) < 4.78 is 10.6. The van der Waals surface area contributed by atoms with Crippen molar-refractivity contribution < 1.29 is 23.7 Å². The topological polar surface area (TPSA) is 135 Å². The third-order valence-electron chi connectivity index (χ3n) is 4.17. The van der Waals surface area contributed by atoms with Crippen molar-refractivity contribution in [3.63, 3.8) is 0 Å². The molecule has 9 heteroatoms. The van der Waals surface area contributed by atoms with E-state index in [1.165, 1.54) is 44.4 Å². The van der Waals surface area contributed by atoms with E-state index in [2.05, 4.69) is 5.32 Å². The number of ether oxygens (including phenoxy) is 1. The van der Waals surface area contributed by atoms with Gasteiger partial charge >= 0.3 is 0 Å². The maximum atomic E-state index is 12.1. The van der Waals surface area contributed by atoms with Crippen LogP contribution in [0.4, 0.5) is 5.69 Å². The zero-order valence-corrected chi connectivity index (χ0v) is 14.8. The first-order valence-electron chi connectivity index (χ1n) is 7.97. The number of nitro benzene ring substituents is 1. The molecule has 1 aromatic carbocycles. The Morgan fingerprint density at radius 1 is 1.25 bits per heavy atom. The van der Waals surface area contributed by atoms with Crippen molar-refractivity contribution in [2.24, 2.45) is 0 Å². The van der Waals surface area contributed by atoms with Crippen molar-refractivity contribution in [2.45, 2.75) is 6.92 Å². The molecule has 0 saturated carbocycles. The Morgan fingerprint density at radius 2 is 2.00 bits per heavy atom. The van der Waals surface area contributed by atoms with Crippen molar-refractivity contribution in [2.75, 3.05) is 7.11 Å². The van der Waals surface area contributed by atoms with Crippen LogP contribution in [0, 0.1) is 21.4 Å². The monoisotopic (exact) mass is 379 g/mol. The number of methoxy groups -OCH3 is 1. The summed E-state index contributed by atoms with van der Waals surface area (Å²) in [5, 5.41) is 22.5. The van der Waals surface area contributed by atoms with E-state index in [1.807, 2.05) is 0 Å². The highest BCUT2D eigenvalue weighted by Crippen LogP contribution is 2.35. The third kappa shape index (κ3) is 3.26. The summed E-state index contributed by atoms with van der Waals surface area (Å²) in [5.74, 6) is -0.629. The summed E-state index contributed by atoms with van der Waals surface area (Å²) in [6.07, 6.45) is 1.37. The number of carbonyl (C=O) groups excluding carboxylic acids is 2. The number of furan rings is 1. The highest BCUT2D eigenvalue weighted by Gasteiger charge is 2.28. The van der Waals surface area contributed by atoms with Gasteiger partial charge in [-0.25, -0.2) is 0 Å². The molecule has 3 rings (SSSR count). The van der Waals surface area contributed by atoms with Crippen LogP contribution < -0.4 is 10.1 Å². The number of imide groups is 1. The Morgan fingerprint density at radius 3 is 2.64 bits per heavy atom. The van der Waals surface area contributed by atoms with Crippen molar-refractivity contribution in [3.8, 4) is 23.1 Å². The normalized spacial score (nSPS) is 15.4. The van der Waals surface area contributed by atoms with Crippen molar-refractivity contribution in [3.05, 3.63) is 62.9 Å². The summed E-state index contributed by atoms with van der Waals surface area (Å²) in [7, 11) is 1.40. The van der Waals surface area contributed by atoms with Crippen LogP contribution >= 0.6 is 0 Å². The van der Waals surface area contributed by atoms with Crippen LogP contribution in [-0.4, -0.2) is 23.8 Å². The van der Waals surface area contributed by atoms with Crippen LogP contribution in [0.5, 0.6) is 5.75 Å². The summed E-state index contributed by atoms with van der Waals surface area (Å²) in [6.45, 7) is 1.49. The van der Waals surface area contributed by atoms with Crippen molar-refractivity contribution in [1.82, 2.24) is 5.32 Å². The van der Waals surface area contributed by atoms with Crippen LogP contribution in [-0.2, 0) is 9.59 Å². The third-order valence-corrected chi connectivity index (χ3v) is 4.17. The average Bonchev–Trinajstić information content (AvgIpc) is 3.13. The molecule has 1 N–H and O–H groups in total. The van der Waals surface area contributed by atoms with Gasteiger partial charge in [0.05, 0.1) is 23.7 Å². The molecule has 9 nitrogen and oxygen atoms in total. The first-order valence-corrected chi connectivity index (χ1v) is 7.97. The molecule has 2 heterocycles. The molecule has 0 radical (unpaired) electrons. The molecule has 0 unspecified atom stereocenters. The van der Waals surface area contributed by atoms with Gasteiger partial charge in [0.1, 0.15) is 28.9 Å². The predicted octanol–water partition coefficient (Wildman–Crippen LogP) is 2.74. The molecule has 140 valence electrons. The molecule has 0 atom stereocenters. The molecule has 2 amide bonds. The standard InChI is InChI=1S/C19H13N3O6/c1-10-14(18(23)21-19(24)15(10)9-20)7-12-4-6-17(28-12)13-5-3-11(27-2)8-16(13)22(25)26/h3-8H,1-2H3,(H,21,23,24)/b14-7+. The number of nitrogens with zero attached hydrogens (tertiary/aromatic N) is 2. The molecular weight excluding hydrogens is 366 g/mol. The lowest BCUT2D eigenvalue weighted by molar-refractivity contribution is -0.384. The lowest BCUT2D eigenvalue weighted by Gasteiger charge is -2.15. The fourth-order valence-corrected chi connectivity index (χ4v) is 2.73. The minimum Gasteiger partial charge on any atom is -0.497 e. The molecule has 0 spiro atoms. The van der Waals surface area contributed by atoms with Gasteiger partial charge in [-0.05, 0) is 42.8 Å². The molecule has 0 saturated heterocycles. The van der Waals surface area contributed by atoms with E-state index in [0.29, 0.717) is 5.75 Å². The zero-order valence-electron chi connectivity index (χ0n) is 14.8. The highest BCUT2D eigenvalue weighted by molar-refractivity contribution is 6.19. The first-order chi connectivity index (χ1) is 13.3. The van der Waals surface area contributed by atoms with Crippen LogP contribution in [0.3, 0.4) is 0 Å². The van der Waals surface area contributed by atoms with Crippen molar-refractivity contribution >= 4 is 23.6 Å². The Kier molecular flexibility index (Phi) is 4.78. The Balaban J connectivity index is 2.04. The number of nitrogens with one attached hydrogen (secondary N) is 1. The Labute approximate surface area is 158 Å². The molecule has 2 aromatic rings.